The molecule has 1 fully saturated rings. The first-order chi connectivity index (χ1) is 11.1. The van der Waals surface area contributed by atoms with Gasteiger partial charge in [-0.25, -0.2) is 9.59 Å². The third-order valence-corrected chi connectivity index (χ3v) is 3.81. The van der Waals surface area contributed by atoms with Crippen molar-refractivity contribution < 1.29 is 19.2 Å². The highest BCUT2D eigenvalue weighted by Crippen LogP contribution is 2.19. The number of nitrogens with zero attached hydrogens (tertiary/aromatic N) is 2. The van der Waals surface area contributed by atoms with Gasteiger partial charge in [-0.15, -0.1) is 0 Å². The summed E-state index contributed by atoms with van der Waals surface area (Å²) >= 11 is 0. The van der Waals surface area contributed by atoms with Crippen molar-refractivity contribution in [2.24, 2.45) is 0 Å². The molecule has 1 saturated heterocycles. The van der Waals surface area contributed by atoms with Crippen LogP contribution in [0.2, 0.25) is 0 Å². The number of rotatable bonds is 4. The molecule has 122 valence electrons. The Labute approximate surface area is 133 Å². The molecule has 0 radical (unpaired) electrons. The van der Waals surface area contributed by atoms with Gasteiger partial charge in [0.1, 0.15) is 6.61 Å². The summed E-state index contributed by atoms with van der Waals surface area (Å²) < 4.78 is 0. The largest absolute Gasteiger partial charge is 0.341 e. The quantitative estimate of drug-likeness (QED) is 0.628. The van der Waals surface area contributed by atoms with E-state index in [2.05, 4.69) is 10.6 Å². The maximum absolute atomic E-state index is 12.1. The number of imide groups is 1. The number of amides is 5. The van der Waals surface area contributed by atoms with Crippen molar-refractivity contribution in [3.05, 3.63) is 35.4 Å². The van der Waals surface area contributed by atoms with Gasteiger partial charge >= 0.3 is 12.1 Å². The molecule has 2 aliphatic heterocycles. The van der Waals surface area contributed by atoms with E-state index in [4.69, 9.17) is 4.84 Å². The molecule has 1 aromatic rings. The molecule has 2 N–H and O–H groups in total. The Morgan fingerprint density at radius 1 is 1.26 bits per heavy atom. The zero-order valence-corrected chi connectivity index (χ0v) is 12.6. The van der Waals surface area contributed by atoms with Gasteiger partial charge in [-0.3, -0.25) is 14.5 Å². The highest BCUT2D eigenvalue weighted by Gasteiger charge is 2.27. The summed E-state index contributed by atoms with van der Waals surface area (Å²) in [4.78, 5) is 41.4. The van der Waals surface area contributed by atoms with E-state index in [0.29, 0.717) is 26.1 Å². The Morgan fingerprint density at radius 2 is 2.04 bits per heavy atom. The Kier molecular flexibility index (Phi) is 4.42. The number of nitrogens with one attached hydrogen (secondary N) is 2. The number of urea groups is 2. The van der Waals surface area contributed by atoms with Crippen LogP contribution in [-0.4, -0.2) is 47.6 Å². The minimum absolute atomic E-state index is 0.0478. The first-order valence-corrected chi connectivity index (χ1v) is 7.48. The molecule has 0 bridgehead atoms. The maximum atomic E-state index is 12.1. The van der Waals surface area contributed by atoms with Crippen LogP contribution in [0.4, 0.5) is 9.59 Å². The van der Waals surface area contributed by atoms with E-state index in [1.165, 1.54) is 5.06 Å². The van der Waals surface area contributed by atoms with E-state index in [1.54, 1.807) is 0 Å². The van der Waals surface area contributed by atoms with Crippen LogP contribution in [0, 0.1) is 0 Å². The van der Waals surface area contributed by atoms with Crippen LogP contribution >= 0.6 is 0 Å². The van der Waals surface area contributed by atoms with Gasteiger partial charge in [-0.05, 0) is 17.5 Å². The Bertz CT molecular complexity index is 618. The van der Waals surface area contributed by atoms with Gasteiger partial charge < -0.3 is 10.6 Å². The summed E-state index contributed by atoms with van der Waals surface area (Å²) in [5, 5.41) is 6.47. The van der Waals surface area contributed by atoms with Crippen LogP contribution in [0.15, 0.2) is 24.3 Å². The molecule has 0 saturated carbocycles. The van der Waals surface area contributed by atoms with Crippen LogP contribution < -0.4 is 10.6 Å². The standard InChI is InChI=1S/C15H18N4O4/c20-13-8-17-14(21)18(13)7-3-6-16-15(22)19-9-11-4-1-2-5-12(11)10-23-19/h1-2,4-5H,3,6-10H2,(H,16,22)(H,17,21). The van der Waals surface area contributed by atoms with Gasteiger partial charge in [-0.1, -0.05) is 24.3 Å². The van der Waals surface area contributed by atoms with Crippen molar-refractivity contribution in [3.63, 3.8) is 0 Å². The van der Waals surface area contributed by atoms with Crippen molar-refractivity contribution in [1.82, 2.24) is 20.6 Å². The van der Waals surface area contributed by atoms with Crippen LogP contribution in [0.3, 0.4) is 0 Å². The smallest absolute Gasteiger partial charge is 0.336 e. The van der Waals surface area contributed by atoms with E-state index < -0.39 is 0 Å². The SMILES string of the molecule is O=C(NCCCN1C(=O)CNC1=O)N1Cc2ccccc2CO1. The molecular formula is C15H18N4O4. The lowest BCUT2D eigenvalue weighted by Crippen LogP contribution is -2.42. The second-order valence-electron chi connectivity index (χ2n) is 5.37. The molecular weight excluding hydrogens is 300 g/mol. The van der Waals surface area contributed by atoms with Gasteiger partial charge in [0.2, 0.25) is 5.91 Å². The molecule has 8 heteroatoms. The van der Waals surface area contributed by atoms with E-state index in [1.807, 2.05) is 24.3 Å². The topological polar surface area (TPSA) is 91.0 Å². The van der Waals surface area contributed by atoms with Gasteiger partial charge in [0, 0.05) is 13.1 Å². The van der Waals surface area contributed by atoms with Crippen LogP contribution in [-0.2, 0) is 22.8 Å². The monoisotopic (exact) mass is 318 g/mol. The Balaban J connectivity index is 1.42. The van der Waals surface area contributed by atoms with E-state index in [-0.39, 0.29) is 31.1 Å². The molecule has 23 heavy (non-hydrogen) atoms. The highest BCUT2D eigenvalue weighted by molar-refractivity contribution is 6.01. The molecule has 5 amide bonds. The number of carbonyl (C=O) groups excluding carboxylic acids is 3. The van der Waals surface area contributed by atoms with E-state index in [0.717, 1.165) is 16.0 Å². The predicted molar refractivity (Wildman–Crippen MR) is 79.9 cm³/mol. The molecule has 8 nitrogen and oxygen atoms in total. The fraction of sp³-hybridized carbons (Fsp3) is 0.400. The zero-order chi connectivity index (χ0) is 16.2. The molecule has 1 aromatic carbocycles. The lowest BCUT2D eigenvalue weighted by molar-refractivity contribution is -0.145. The fourth-order valence-corrected chi connectivity index (χ4v) is 2.53. The van der Waals surface area contributed by atoms with Gasteiger partial charge in [0.15, 0.2) is 0 Å². The van der Waals surface area contributed by atoms with E-state index in [9.17, 15) is 14.4 Å². The van der Waals surface area contributed by atoms with Crippen LogP contribution in [0.5, 0.6) is 0 Å². The summed E-state index contributed by atoms with van der Waals surface area (Å²) in [6, 6.07) is 7.11. The number of hydrogen-bond donors (Lipinski definition) is 2. The molecule has 3 rings (SSSR count). The van der Waals surface area contributed by atoms with Crippen LogP contribution in [0.25, 0.3) is 0 Å². The third kappa shape index (κ3) is 3.42. The highest BCUT2D eigenvalue weighted by atomic mass is 16.7. The van der Waals surface area contributed by atoms with Crippen molar-refractivity contribution in [2.75, 3.05) is 19.6 Å². The summed E-state index contributed by atoms with van der Waals surface area (Å²) in [5.74, 6) is -0.239. The normalized spacial score (nSPS) is 17.0. The number of hydroxylamine groups is 2. The average molecular weight is 318 g/mol. The van der Waals surface area contributed by atoms with Gasteiger partial charge in [0.05, 0.1) is 13.1 Å². The lowest BCUT2D eigenvalue weighted by atomic mass is 10.1. The number of benzene rings is 1. The summed E-state index contributed by atoms with van der Waals surface area (Å²) in [5.41, 5.74) is 2.14. The summed E-state index contributed by atoms with van der Waals surface area (Å²) in [6.07, 6.45) is 0.495. The minimum atomic E-state index is -0.378. The van der Waals surface area contributed by atoms with E-state index >= 15 is 0 Å². The number of carbonyl (C=O) groups is 3. The first-order valence-electron chi connectivity index (χ1n) is 7.48. The average Bonchev–Trinajstić information content (AvgIpc) is 2.89. The molecule has 2 aliphatic rings. The van der Waals surface area contributed by atoms with Crippen molar-refractivity contribution in [1.29, 1.82) is 0 Å². The number of hydrogen-bond acceptors (Lipinski definition) is 4. The molecule has 0 aromatic heterocycles. The summed E-state index contributed by atoms with van der Waals surface area (Å²) in [7, 11) is 0. The molecule has 0 unspecified atom stereocenters. The van der Waals surface area contributed by atoms with Gasteiger partial charge in [-0.2, -0.15) is 5.06 Å². The Morgan fingerprint density at radius 3 is 2.78 bits per heavy atom. The minimum Gasteiger partial charge on any atom is -0.336 e. The fourth-order valence-electron chi connectivity index (χ4n) is 2.53. The van der Waals surface area contributed by atoms with Crippen molar-refractivity contribution >= 4 is 18.0 Å². The Hall–Kier alpha value is -2.61. The van der Waals surface area contributed by atoms with Gasteiger partial charge in [0.25, 0.3) is 0 Å². The second kappa shape index (κ2) is 6.66. The van der Waals surface area contributed by atoms with Crippen molar-refractivity contribution in [3.8, 4) is 0 Å². The summed E-state index contributed by atoms with van der Waals surface area (Å²) in [6.45, 7) is 1.46. The molecule has 0 aliphatic carbocycles. The zero-order valence-electron chi connectivity index (χ0n) is 12.6. The predicted octanol–water partition coefficient (Wildman–Crippen LogP) is 0.585. The molecule has 0 spiro atoms. The second-order valence-corrected chi connectivity index (χ2v) is 5.37. The van der Waals surface area contributed by atoms with Crippen molar-refractivity contribution in [2.45, 2.75) is 19.6 Å². The molecule has 2 heterocycles. The van der Waals surface area contributed by atoms with Crippen LogP contribution in [0.1, 0.15) is 17.5 Å². The third-order valence-electron chi connectivity index (χ3n) is 3.81. The lowest BCUT2D eigenvalue weighted by Gasteiger charge is -2.28. The first kappa shape index (κ1) is 15.3. The maximum Gasteiger partial charge on any atom is 0.341 e. The number of fused-ring (bicyclic) bond motifs is 1. The molecule has 0 atom stereocenters.